The minimum atomic E-state index is 0.868. The van der Waals surface area contributed by atoms with Gasteiger partial charge in [0.05, 0.1) is 0 Å². The van der Waals surface area contributed by atoms with E-state index >= 15 is 0 Å². The summed E-state index contributed by atoms with van der Waals surface area (Å²) in [5, 5.41) is 15.4. The van der Waals surface area contributed by atoms with Crippen molar-refractivity contribution in [3.8, 4) is 0 Å². The van der Waals surface area contributed by atoms with Gasteiger partial charge in [0.15, 0.2) is 5.96 Å². The second-order valence-electron chi connectivity index (χ2n) is 5.79. The molecule has 2 N–H and O–H groups in total. The van der Waals surface area contributed by atoms with Gasteiger partial charge in [0.25, 0.3) is 0 Å². The Morgan fingerprint density at radius 2 is 2.09 bits per heavy atom. The summed E-state index contributed by atoms with van der Waals surface area (Å²) in [5.74, 6) is 3.25. The maximum atomic E-state index is 4.51. The Labute approximate surface area is 133 Å². The quantitative estimate of drug-likeness (QED) is 0.459. The number of hydrogen-bond donors (Lipinski definition) is 2. The summed E-state index contributed by atoms with van der Waals surface area (Å²) in [4.78, 5) is 4.51. The molecule has 2 rings (SSSR count). The lowest BCUT2D eigenvalue weighted by Gasteiger charge is -2.11. The van der Waals surface area contributed by atoms with Crippen molar-refractivity contribution in [2.45, 2.75) is 65.3 Å². The van der Waals surface area contributed by atoms with Crippen LogP contribution in [0.1, 0.15) is 57.6 Å². The van der Waals surface area contributed by atoms with Crippen LogP contribution in [0.4, 0.5) is 0 Å². The van der Waals surface area contributed by atoms with Crippen LogP contribution in [0.3, 0.4) is 0 Å². The second kappa shape index (κ2) is 9.43. The molecule has 2 heterocycles. The largest absolute Gasteiger partial charge is 0.357 e. The summed E-state index contributed by atoms with van der Waals surface area (Å²) in [6.45, 7) is 8.00. The number of guanidine groups is 1. The van der Waals surface area contributed by atoms with Crippen LogP contribution in [0.5, 0.6) is 0 Å². The summed E-state index contributed by atoms with van der Waals surface area (Å²) in [6, 6.07) is 0. The van der Waals surface area contributed by atoms with Crippen molar-refractivity contribution in [3.63, 3.8) is 0 Å². The Hall–Kier alpha value is -1.59. The molecule has 0 spiro atoms. The molecular weight excluding hydrogens is 276 g/mol. The van der Waals surface area contributed by atoms with E-state index in [-0.39, 0.29) is 0 Å². The van der Waals surface area contributed by atoms with Gasteiger partial charge in [-0.25, -0.2) is 0 Å². The highest BCUT2D eigenvalue weighted by molar-refractivity contribution is 5.79. The smallest absolute Gasteiger partial charge is 0.191 e. The Balaban J connectivity index is 1.77. The first kappa shape index (κ1) is 16.8. The predicted octanol–water partition coefficient (Wildman–Crippen LogP) is 1.90. The highest BCUT2D eigenvalue weighted by Gasteiger charge is 2.13. The molecule has 0 unspecified atom stereocenters. The third kappa shape index (κ3) is 5.00. The third-order valence-electron chi connectivity index (χ3n) is 3.89. The molecule has 0 saturated carbocycles. The Morgan fingerprint density at radius 1 is 1.18 bits per heavy atom. The number of rotatable bonds is 7. The van der Waals surface area contributed by atoms with E-state index in [1.54, 1.807) is 0 Å². The van der Waals surface area contributed by atoms with E-state index in [4.69, 9.17) is 0 Å². The summed E-state index contributed by atoms with van der Waals surface area (Å²) in [5.41, 5.74) is 0. The highest BCUT2D eigenvalue weighted by atomic mass is 15.3. The normalized spacial score (nSPS) is 15.3. The Kier molecular flexibility index (Phi) is 7.19. The zero-order chi connectivity index (χ0) is 15.6. The van der Waals surface area contributed by atoms with E-state index in [0.29, 0.717) is 0 Å². The van der Waals surface area contributed by atoms with Gasteiger partial charge in [-0.1, -0.05) is 13.3 Å². The summed E-state index contributed by atoms with van der Waals surface area (Å²) >= 11 is 0. The average molecular weight is 306 g/mol. The molecule has 0 saturated heterocycles. The third-order valence-corrected chi connectivity index (χ3v) is 3.89. The molecule has 1 aromatic rings. The number of aromatic nitrogens is 3. The zero-order valence-electron chi connectivity index (χ0n) is 14.1. The van der Waals surface area contributed by atoms with Crippen LogP contribution < -0.4 is 10.6 Å². The topological polar surface area (TPSA) is 67.1 Å². The molecule has 0 atom stereocenters. The van der Waals surface area contributed by atoms with Crippen LogP contribution in [0.25, 0.3) is 0 Å². The molecule has 1 aliphatic heterocycles. The summed E-state index contributed by atoms with van der Waals surface area (Å²) < 4.78 is 2.34. The van der Waals surface area contributed by atoms with Gasteiger partial charge < -0.3 is 15.2 Å². The second-order valence-corrected chi connectivity index (χ2v) is 5.79. The molecule has 1 aromatic heterocycles. The summed E-state index contributed by atoms with van der Waals surface area (Å²) in [7, 11) is 0. The van der Waals surface area contributed by atoms with Gasteiger partial charge in [0.1, 0.15) is 11.6 Å². The van der Waals surface area contributed by atoms with Crippen LogP contribution in [-0.4, -0.2) is 40.4 Å². The number of fused-ring (bicyclic) bond motifs is 1. The van der Waals surface area contributed by atoms with Crippen molar-refractivity contribution in [3.05, 3.63) is 11.6 Å². The fourth-order valence-electron chi connectivity index (χ4n) is 2.75. The van der Waals surface area contributed by atoms with Crippen LogP contribution in [0, 0.1) is 0 Å². The van der Waals surface area contributed by atoms with E-state index in [9.17, 15) is 0 Å². The minimum absolute atomic E-state index is 0.868. The first-order valence-electron chi connectivity index (χ1n) is 8.78. The highest BCUT2D eigenvalue weighted by Crippen LogP contribution is 2.15. The molecule has 0 aromatic carbocycles. The van der Waals surface area contributed by atoms with Crippen molar-refractivity contribution in [1.82, 2.24) is 25.4 Å². The molecule has 0 bridgehead atoms. The maximum Gasteiger partial charge on any atom is 0.191 e. The molecule has 0 amide bonds. The SMILES string of the molecule is CCCN=C(NCC)NCCCc1nnc2n1CCCCC2. The Morgan fingerprint density at radius 3 is 2.91 bits per heavy atom. The van der Waals surface area contributed by atoms with Crippen LogP contribution in [-0.2, 0) is 19.4 Å². The van der Waals surface area contributed by atoms with Crippen LogP contribution >= 0.6 is 0 Å². The van der Waals surface area contributed by atoms with Crippen molar-refractivity contribution in [2.75, 3.05) is 19.6 Å². The number of aliphatic imine (C=N–C) groups is 1. The van der Waals surface area contributed by atoms with Crippen molar-refractivity contribution < 1.29 is 0 Å². The molecule has 124 valence electrons. The first-order valence-corrected chi connectivity index (χ1v) is 8.78. The molecule has 0 radical (unpaired) electrons. The van der Waals surface area contributed by atoms with Crippen LogP contribution in [0.2, 0.25) is 0 Å². The molecule has 22 heavy (non-hydrogen) atoms. The fraction of sp³-hybridized carbons (Fsp3) is 0.812. The standard InChI is InChI=1S/C16H30N6/c1-3-11-18-16(17-4-2)19-12-8-10-15-21-20-14-9-6-5-7-13-22(14)15/h3-13H2,1-2H3,(H2,17,18,19). The number of hydrogen-bond acceptors (Lipinski definition) is 3. The maximum absolute atomic E-state index is 4.51. The monoisotopic (exact) mass is 306 g/mol. The van der Waals surface area contributed by atoms with E-state index < -0.39 is 0 Å². The van der Waals surface area contributed by atoms with Crippen molar-refractivity contribution in [1.29, 1.82) is 0 Å². The fourth-order valence-corrected chi connectivity index (χ4v) is 2.75. The lowest BCUT2D eigenvalue weighted by molar-refractivity contribution is 0.594. The molecule has 0 aliphatic carbocycles. The first-order chi connectivity index (χ1) is 10.8. The molecular formula is C16H30N6. The van der Waals surface area contributed by atoms with E-state index in [1.165, 1.54) is 25.1 Å². The van der Waals surface area contributed by atoms with Crippen molar-refractivity contribution >= 4 is 5.96 Å². The number of nitrogens with one attached hydrogen (secondary N) is 2. The van der Waals surface area contributed by atoms with Gasteiger partial charge in [0.2, 0.25) is 0 Å². The molecule has 6 nitrogen and oxygen atoms in total. The summed E-state index contributed by atoms with van der Waals surface area (Å²) in [6.07, 6.45) is 8.00. The molecule has 1 aliphatic rings. The van der Waals surface area contributed by atoms with Gasteiger partial charge in [-0.05, 0) is 32.6 Å². The van der Waals surface area contributed by atoms with Gasteiger partial charge in [0, 0.05) is 39.0 Å². The lowest BCUT2D eigenvalue weighted by Crippen LogP contribution is -2.38. The van der Waals surface area contributed by atoms with E-state index in [0.717, 1.165) is 63.6 Å². The average Bonchev–Trinajstić information content (AvgIpc) is 2.76. The zero-order valence-corrected chi connectivity index (χ0v) is 14.1. The molecule has 0 fully saturated rings. The van der Waals surface area contributed by atoms with E-state index in [1.807, 2.05) is 0 Å². The lowest BCUT2D eigenvalue weighted by atomic mass is 10.2. The number of nitrogens with zero attached hydrogens (tertiary/aromatic N) is 4. The number of aryl methyl sites for hydroxylation is 2. The van der Waals surface area contributed by atoms with Gasteiger partial charge >= 0.3 is 0 Å². The van der Waals surface area contributed by atoms with Gasteiger partial charge in [-0.15, -0.1) is 10.2 Å². The predicted molar refractivity (Wildman–Crippen MR) is 90.2 cm³/mol. The molecule has 6 heteroatoms. The van der Waals surface area contributed by atoms with Crippen LogP contribution in [0.15, 0.2) is 4.99 Å². The van der Waals surface area contributed by atoms with Gasteiger partial charge in [-0.2, -0.15) is 0 Å². The van der Waals surface area contributed by atoms with Gasteiger partial charge in [-0.3, -0.25) is 4.99 Å². The minimum Gasteiger partial charge on any atom is -0.357 e. The van der Waals surface area contributed by atoms with Crippen molar-refractivity contribution in [2.24, 2.45) is 4.99 Å². The Bertz CT molecular complexity index is 465. The van der Waals surface area contributed by atoms with E-state index in [2.05, 4.69) is 44.2 Å².